The molecule has 3 unspecified atom stereocenters. The van der Waals surface area contributed by atoms with Gasteiger partial charge in [0.2, 0.25) is 0 Å². The van der Waals surface area contributed by atoms with E-state index in [1.807, 2.05) is 6.07 Å². The Morgan fingerprint density at radius 1 is 1.12 bits per heavy atom. The number of hydrogen-bond donors (Lipinski definition) is 1. The van der Waals surface area contributed by atoms with E-state index in [1.54, 1.807) is 12.1 Å². The minimum absolute atomic E-state index is 0.476. The summed E-state index contributed by atoms with van der Waals surface area (Å²) in [5.41, 5.74) is 1.47. The maximum absolute atomic E-state index is 6.08. The van der Waals surface area contributed by atoms with Crippen molar-refractivity contribution in [2.24, 2.45) is 11.8 Å². The van der Waals surface area contributed by atoms with Crippen LogP contribution in [0.5, 0.6) is 5.75 Å². The summed E-state index contributed by atoms with van der Waals surface area (Å²) in [6, 6.07) is 6.06. The highest BCUT2D eigenvalue weighted by Gasteiger charge is 2.31. The molecule has 1 aliphatic carbocycles. The van der Waals surface area contributed by atoms with Gasteiger partial charge in [-0.3, -0.25) is 4.90 Å². The molecule has 140 valence electrons. The van der Waals surface area contributed by atoms with Gasteiger partial charge in [-0.05, 0) is 50.1 Å². The average molecular weight is 393 g/mol. The summed E-state index contributed by atoms with van der Waals surface area (Å²) in [4.78, 5) is 2.61. The van der Waals surface area contributed by atoms with E-state index in [0.717, 1.165) is 25.3 Å². The maximum Gasteiger partial charge on any atom is 0.120 e. The topological polar surface area (TPSA) is 24.5 Å². The first-order valence-corrected chi connectivity index (χ1v) is 10.4. The molecule has 5 heteroatoms. The molecule has 1 aromatic rings. The fraction of sp³-hybridized carbons (Fsp3) is 0.524. The molecule has 1 aromatic carbocycles. The lowest BCUT2D eigenvalue weighted by atomic mass is 9.85. The zero-order chi connectivity index (χ0) is 17.9. The Morgan fingerprint density at radius 3 is 2.69 bits per heavy atom. The molecule has 2 fully saturated rings. The van der Waals surface area contributed by atoms with Crippen LogP contribution in [0, 0.1) is 11.8 Å². The van der Waals surface area contributed by atoms with E-state index in [-0.39, 0.29) is 0 Å². The smallest absolute Gasteiger partial charge is 0.120 e. The second-order valence-corrected chi connectivity index (χ2v) is 8.34. The van der Waals surface area contributed by atoms with Gasteiger partial charge in [0.25, 0.3) is 0 Å². The van der Waals surface area contributed by atoms with Crippen molar-refractivity contribution >= 4 is 23.2 Å². The number of rotatable bonds is 5. The molecule has 26 heavy (non-hydrogen) atoms. The van der Waals surface area contributed by atoms with Crippen molar-refractivity contribution in [3.63, 3.8) is 0 Å². The predicted molar refractivity (Wildman–Crippen MR) is 108 cm³/mol. The number of benzene rings is 1. The van der Waals surface area contributed by atoms with E-state index in [1.165, 1.54) is 31.5 Å². The van der Waals surface area contributed by atoms with Gasteiger partial charge in [-0.25, -0.2) is 0 Å². The first kappa shape index (κ1) is 18.4. The Morgan fingerprint density at radius 2 is 1.96 bits per heavy atom. The van der Waals surface area contributed by atoms with Crippen LogP contribution in [-0.4, -0.2) is 43.7 Å². The number of nitrogens with zero attached hydrogens (tertiary/aromatic N) is 1. The van der Waals surface area contributed by atoms with E-state index in [9.17, 15) is 0 Å². The van der Waals surface area contributed by atoms with E-state index in [4.69, 9.17) is 27.9 Å². The van der Waals surface area contributed by atoms with Gasteiger partial charge in [0.05, 0.1) is 16.7 Å². The molecular weight excluding hydrogens is 367 g/mol. The average Bonchev–Trinajstić information content (AvgIpc) is 3.35. The molecule has 0 bridgehead atoms. The Kier molecular flexibility index (Phi) is 5.90. The van der Waals surface area contributed by atoms with E-state index in [2.05, 4.69) is 28.4 Å². The molecule has 0 saturated carbocycles. The summed E-state index contributed by atoms with van der Waals surface area (Å²) >= 11 is 12.1. The number of halogens is 2. The number of hydrogen-bond acceptors (Lipinski definition) is 3. The zero-order valence-corrected chi connectivity index (χ0v) is 16.5. The Bertz CT molecular complexity index is 697. The van der Waals surface area contributed by atoms with E-state index >= 15 is 0 Å². The third kappa shape index (κ3) is 4.12. The maximum atomic E-state index is 6.08. The molecule has 0 amide bonds. The van der Waals surface area contributed by atoms with Gasteiger partial charge in [-0.2, -0.15) is 0 Å². The normalized spacial score (nSPS) is 29.2. The number of allylic oxidation sites excluding steroid dienone is 1. The van der Waals surface area contributed by atoms with Crippen LogP contribution < -0.4 is 10.1 Å². The summed E-state index contributed by atoms with van der Waals surface area (Å²) < 4.78 is 6.01. The van der Waals surface area contributed by atoms with Crippen LogP contribution in [0.1, 0.15) is 19.3 Å². The molecule has 3 nitrogen and oxygen atoms in total. The van der Waals surface area contributed by atoms with Gasteiger partial charge in [0, 0.05) is 37.0 Å². The Hall–Kier alpha value is -1.00. The first-order chi connectivity index (χ1) is 12.7. The fourth-order valence-corrected chi connectivity index (χ4v) is 4.60. The van der Waals surface area contributed by atoms with Crippen LogP contribution in [0.4, 0.5) is 0 Å². The van der Waals surface area contributed by atoms with Gasteiger partial charge in [-0.1, -0.05) is 41.4 Å². The van der Waals surface area contributed by atoms with Gasteiger partial charge >= 0.3 is 0 Å². The molecule has 0 radical (unpaired) electrons. The van der Waals surface area contributed by atoms with Crippen LogP contribution in [0.25, 0.3) is 0 Å². The largest absolute Gasteiger partial charge is 0.493 e. The summed E-state index contributed by atoms with van der Waals surface area (Å²) in [6.45, 7) is 5.22. The van der Waals surface area contributed by atoms with Crippen LogP contribution in [0.15, 0.2) is 42.0 Å². The Balaban J connectivity index is 1.34. The molecule has 2 heterocycles. The van der Waals surface area contributed by atoms with Crippen molar-refractivity contribution in [3.05, 3.63) is 52.0 Å². The standard InChI is InChI=1S/C21H26Cl2N2O/c22-20-8-7-18(11-21(20)23)26-14-16-12-24-13-19(16)15-3-5-17(6-4-15)25-9-1-2-10-25/h3-5,7-8,11,16-17,19,24H,1-2,6,9-10,12-14H2. The molecule has 2 saturated heterocycles. The third-order valence-corrected chi connectivity index (χ3v) is 6.58. The van der Waals surface area contributed by atoms with Crippen molar-refractivity contribution in [1.82, 2.24) is 10.2 Å². The van der Waals surface area contributed by atoms with Crippen molar-refractivity contribution < 1.29 is 4.74 Å². The molecule has 0 aromatic heterocycles. The van der Waals surface area contributed by atoms with Crippen molar-refractivity contribution in [2.75, 3.05) is 32.8 Å². The van der Waals surface area contributed by atoms with Gasteiger partial charge in [0.15, 0.2) is 0 Å². The number of likely N-dealkylation sites (tertiary alicyclic amines) is 1. The molecular formula is C21H26Cl2N2O. The number of ether oxygens (including phenoxy) is 1. The van der Waals surface area contributed by atoms with Crippen molar-refractivity contribution in [2.45, 2.75) is 25.3 Å². The monoisotopic (exact) mass is 392 g/mol. The van der Waals surface area contributed by atoms with Crippen LogP contribution in [-0.2, 0) is 0 Å². The predicted octanol–water partition coefficient (Wildman–Crippen LogP) is 4.56. The zero-order valence-electron chi connectivity index (χ0n) is 15.0. The molecule has 0 spiro atoms. The second kappa shape index (κ2) is 8.35. The lowest BCUT2D eigenvalue weighted by Gasteiger charge is -2.28. The number of nitrogens with one attached hydrogen (secondary N) is 1. The minimum atomic E-state index is 0.476. The fourth-order valence-electron chi connectivity index (χ4n) is 4.31. The minimum Gasteiger partial charge on any atom is -0.493 e. The highest BCUT2D eigenvalue weighted by molar-refractivity contribution is 6.42. The lowest BCUT2D eigenvalue weighted by Crippen LogP contribution is -2.32. The molecule has 2 aliphatic heterocycles. The van der Waals surface area contributed by atoms with Gasteiger partial charge in [0.1, 0.15) is 5.75 Å². The van der Waals surface area contributed by atoms with Crippen molar-refractivity contribution in [1.29, 1.82) is 0 Å². The molecule has 3 aliphatic rings. The summed E-state index contributed by atoms with van der Waals surface area (Å²) in [6.07, 6.45) is 11.1. The molecule has 3 atom stereocenters. The van der Waals surface area contributed by atoms with E-state index < -0.39 is 0 Å². The quantitative estimate of drug-likeness (QED) is 0.794. The van der Waals surface area contributed by atoms with E-state index in [0.29, 0.717) is 34.5 Å². The second-order valence-electron chi connectivity index (χ2n) is 7.52. The van der Waals surface area contributed by atoms with Gasteiger partial charge in [-0.15, -0.1) is 0 Å². The third-order valence-electron chi connectivity index (χ3n) is 5.84. The summed E-state index contributed by atoms with van der Waals surface area (Å²) in [5, 5.41) is 4.63. The lowest BCUT2D eigenvalue weighted by molar-refractivity contribution is 0.237. The van der Waals surface area contributed by atoms with Crippen LogP contribution >= 0.6 is 23.2 Å². The SMILES string of the molecule is Clc1ccc(OCC2CNCC2C2=CCC(N3CCCC3)C=C2)cc1Cl. The van der Waals surface area contributed by atoms with Crippen LogP contribution in [0.2, 0.25) is 10.0 Å². The van der Waals surface area contributed by atoms with Gasteiger partial charge < -0.3 is 10.1 Å². The highest BCUT2D eigenvalue weighted by atomic mass is 35.5. The first-order valence-electron chi connectivity index (χ1n) is 9.61. The highest BCUT2D eigenvalue weighted by Crippen LogP contribution is 2.31. The van der Waals surface area contributed by atoms with Crippen molar-refractivity contribution in [3.8, 4) is 5.75 Å². The summed E-state index contributed by atoms with van der Waals surface area (Å²) in [5.74, 6) is 1.78. The molecule has 1 N–H and O–H groups in total. The molecule has 4 rings (SSSR count). The Labute approximate surface area is 166 Å². The van der Waals surface area contributed by atoms with Crippen LogP contribution in [0.3, 0.4) is 0 Å². The summed E-state index contributed by atoms with van der Waals surface area (Å²) in [7, 11) is 0.